The molecule has 0 radical (unpaired) electrons. The first-order valence-electron chi connectivity index (χ1n) is 5.55. The minimum Gasteiger partial charge on any atom is -0.283 e. The Labute approximate surface area is 93.2 Å². The lowest BCUT2D eigenvalue weighted by Gasteiger charge is -2.18. The molecule has 0 aliphatic rings. The molecule has 0 bridgehead atoms. The van der Waals surface area contributed by atoms with Gasteiger partial charge in [-0.25, -0.2) is 0 Å². The molecule has 82 valence electrons. The Bertz CT molecular complexity index is 328. The van der Waals surface area contributed by atoms with Gasteiger partial charge in [0.2, 0.25) is 0 Å². The van der Waals surface area contributed by atoms with Gasteiger partial charge in [0.25, 0.3) is 0 Å². The first kappa shape index (κ1) is 12.0. The van der Waals surface area contributed by atoms with E-state index >= 15 is 0 Å². The van der Waals surface area contributed by atoms with Crippen molar-refractivity contribution in [3.05, 3.63) is 35.9 Å². The number of nitrogens with zero attached hydrogens (tertiary/aromatic N) is 1. The summed E-state index contributed by atoms with van der Waals surface area (Å²) in [6.07, 6.45) is 0. The van der Waals surface area contributed by atoms with Crippen LogP contribution < -0.4 is 0 Å². The maximum atomic E-state index is 4.80. The lowest BCUT2D eigenvalue weighted by molar-refractivity contribution is 0.578. The van der Waals surface area contributed by atoms with Gasteiger partial charge >= 0.3 is 0 Å². The molecule has 0 fully saturated rings. The zero-order chi connectivity index (χ0) is 11.5. The van der Waals surface area contributed by atoms with Crippen LogP contribution in [0.1, 0.15) is 40.2 Å². The van der Waals surface area contributed by atoms with Crippen molar-refractivity contribution in [2.75, 3.05) is 0 Å². The van der Waals surface area contributed by atoms with Crippen LogP contribution in [0.2, 0.25) is 0 Å². The van der Waals surface area contributed by atoms with Crippen molar-refractivity contribution < 1.29 is 0 Å². The molecule has 1 aromatic rings. The molecular weight excluding hydrogens is 182 g/mol. The molecule has 0 unspecified atom stereocenters. The minimum absolute atomic E-state index is 0.00452. The molecule has 0 saturated carbocycles. The molecule has 0 saturated heterocycles. The number of benzene rings is 1. The Morgan fingerprint density at radius 3 is 2.00 bits per heavy atom. The number of aliphatic imine (C=N–C) groups is 1. The fourth-order valence-corrected chi connectivity index (χ4v) is 1.50. The van der Waals surface area contributed by atoms with Crippen molar-refractivity contribution in [3.63, 3.8) is 0 Å². The van der Waals surface area contributed by atoms with Crippen molar-refractivity contribution in [1.29, 1.82) is 0 Å². The highest BCUT2D eigenvalue weighted by molar-refractivity contribution is 6.02. The smallest absolute Gasteiger partial charge is 0.0527 e. The van der Waals surface area contributed by atoms with Crippen molar-refractivity contribution in [2.24, 2.45) is 10.9 Å². The predicted octanol–water partition coefficient (Wildman–Crippen LogP) is 3.93. The van der Waals surface area contributed by atoms with Gasteiger partial charge in [-0.1, -0.05) is 44.2 Å². The second kappa shape index (κ2) is 4.61. The topological polar surface area (TPSA) is 12.4 Å². The number of hydrogen-bond donors (Lipinski definition) is 0. The average Bonchev–Trinajstić information content (AvgIpc) is 2.14. The third kappa shape index (κ3) is 3.86. The van der Waals surface area contributed by atoms with Crippen LogP contribution in [0.5, 0.6) is 0 Å². The Morgan fingerprint density at radius 2 is 1.60 bits per heavy atom. The van der Waals surface area contributed by atoms with Gasteiger partial charge in [0.1, 0.15) is 0 Å². The second-order valence-electron chi connectivity index (χ2n) is 5.19. The van der Waals surface area contributed by atoms with E-state index in [1.807, 2.05) is 6.07 Å². The van der Waals surface area contributed by atoms with E-state index in [0.29, 0.717) is 5.92 Å². The third-order valence-corrected chi connectivity index (χ3v) is 2.07. The molecule has 0 aromatic heterocycles. The molecular formula is C14H21N. The van der Waals surface area contributed by atoms with Crippen LogP contribution in [-0.2, 0) is 0 Å². The van der Waals surface area contributed by atoms with Crippen LogP contribution in [0.15, 0.2) is 35.3 Å². The monoisotopic (exact) mass is 203 g/mol. The van der Waals surface area contributed by atoms with Crippen LogP contribution in [0.25, 0.3) is 0 Å². The van der Waals surface area contributed by atoms with Gasteiger partial charge in [0.05, 0.1) is 5.54 Å². The fraction of sp³-hybridized carbons (Fsp3) is 0.500. The minimum atomic E-state index is -0.00452. The quantitative estimate of drug-likeness (QED) is 0.646. The molecule has 0 spiro atoms. The van der Waals surface area contributed by atoms with Crippen molar-refractivity contribution in [2.45, 2.75) is 40.2 Å². The first-order chi connectivity index (χ1) is 6.90. The Hall–Kier alpha value is -1.11. The van der Waals surface area contributed by atoms with Crippen LogP contribution in [-0.4, -0.2) is 11.3 Å². The van der Waals surface area contributed by atoms with Crippen LogP contribution in [0.3, 0.4) is 0 Å². The Kier molecular flexibility index (Phi) is 3.67. The molecule has 0 aliphatic heterocycles. The van der Waals surface area contributed by atoms with E-state index in [9.17, 15) is 0 Å². The predicted molar refractivity (Wildman–Crippen MR) is 67.6 cm³/mol. The summed E-state index contributed by atoms with van der Waals surface area (Å²) in [5.41, 5.74) is 2.43. The van der Waals surface area contributed by atoms with E-state index in [-0.39, 0.29) is 5.54 Å². The second-order valence-corrected chi connectivity index (χ2v) is 5.19. The standard InChI is InChI=1S/C14H21N/c1-11(2)13(15-14(3,4)5)12-9-7-6-8-10-12/h6-11H,1-5H3. The van der Waals surface area contributed by atoms with Crippen molar-refractivity contribution in [1.82, 2.24) is 0 Å². The van der Waals surface area contributed by atoms with Gasteiger partial charge in [-0.15, -0.1) is 0 Å². The average molecular weight is 203 g/mol. The van der Waals surface area contributed by atoms with Gasteiger partial charge in [-0.2, -0.15) is 0 Å². The van der Waals surface area contributed by atoms with E-state index in [1.165, 1.54) is 11.3 Å². The van der Waals surface area contributed by atoms with Gasteiger partial charge in [0, 0.05) is 5.71 Å². The highest BCUT2D eigenvalue weighted by Gasteiger charge is 2.13. The molecule has 0 amide bonds. The maximum Gasteiger partial charge on any atom is 0.0527 e. The summed E-state index contributed by atoms with van der Waals surface area (Å²) in [5, 5.41) is 0. The zero-order valence-corrected chi connectivity index (χ0v) is 10.4. The molecule has 1 aromatic carbocycles. The molecule has 0 aliphatic carbocycles. The van der Waals surface area contributed by atoms with Crippen LogP contribution in [0, 0.1) is 5.92 Å². The summed E-state index contributed by atoms with van der Waals surface area (Å²) in [4.78, 5) is 4.80. The van der Waals surface area contributed by atoms with E-state index in [4.69, 9.17) is 4.99 Å². The maximum absolute atomic E-state index is 4.80. The molecule has 1 heteroatoms. The summed E-state index contributed by atoms with van der Waals surface area (Å²) in [6, 6.07) is 10.4. The van der Waals surface area contributed by atoms with Gasteiger partial charge < -0.3 is 0 Å². The summed E-state index contributed by atoms with van der Waals surface area (Å²) in [6.45, 7) is 10.8. The third-order valence-electron chi connectivity index (χ3n) is 2.07. The molecule has 0 heterocycles. The zero-order valence-electron chi connectivity index (χ0n) is 10.4. The van der Waals surface area contributed by atoms with Gasteiger partial charge in [0.15, 0.2) is 0 Å². The summed E-state index contributed by atoms with van der Waals surface area (Å²) in [7, 11) is 0. The van der Waals surface area contributed by atoms with Gasteiger partial charge in [-0.05, 0) is 32.3 Å². The SMILES string of the molecule is CC(C)C(=NC(C)(C)C)c1ccccc1. The number of rotatable bonds is 2. The lowest BCUT2D eigenvalue weighted by atomic mass is 9.98. The molecule has 15 heavy (non-hydrogen) atoms. The largest absolute Gasteiger partial charge is 0.283 e. The summed E-state index contributed by atoms with van der Waals surface area (Å²) >= 11 is 0. The highest BCUT2D eigenvalue weighted by Crippen LogP contribution is 2.15. The van der Waals surface area contributed by atoms with Crippen molar-refractivity contribution in [3.8, 4) is 0 Å². The normalized spacial score (nSPS) is 13.3. The first-order valence-corrected chi connectivity index (χ1v) is 5.55. The van der Waals surface area contributed by atoms with Gasteiger partial charge in [-0.3, -0.25) is 4.99 Å². The molecule has 0 atom stereocenters. The Morgan fingerprint density at radius 1 is 1.07 bits per heavy atom. The fourth-order valence-electron chi connectivity index (χ4n) is 1.50. The van der Waals surface area contributed by atoms with E-state index in [2.05, 4.69) is 58.9 Å². The molecule has 1 nitrogen and oxygen atoms in total. The van der Waals surface area contributed by atoms with E-state index < -0.39 is 0 Å². The lowest BCUT2D eigenvalue weighted by Crippen LogP contribution is -2.18. The van der Waals surface area contributed by atoms with Crippen molar-refractivity contribution >= 4 is 5.71 Å². The van der Waals surface area contributed by atoms with Crippen LogP contribution >= 0.6 is 0 Å². The molecule has 1 rings (SSSR count). The Balaban J connectivity index is 3.10. The van der Waals surface area contributed by atoms with Crippen LogP contribution in [0.4, 0.5) is 0 Å². The summed E-state index contributed by atoms with van der Waals surface area (Å²) in [5.74, 6) is 0.464. The highest BCUT2D eigenvalue weighted by atomic mass is 14.8. The van der Waals surface area contributed by atoms with E-state index in [1.54, 1.807) is 0 Å². The van der Waals surface area contributed by atoms with E-state index in [0.717, 1.165) is 0 Å². The summed E-state index contributed by atoms with van der Waals surface area (Å²) < 4.78 is 0. The number of hydrogen-bond acceptors (Lipinski definition) is 1. The molecule has 0 N–H and O–H groups in total.